The van der Waals surface area contributed by atoms with Crippen molar-refractivity contribution in [1.82, 2.24) is 25.4 Å². The number of nitrogens with zero attached hydrogens (tertiary/aromatic N) is 3. The first-order chi connectivity index (χ1) is 14.5. The summed E-state index contributed by atoms with van der Waals surface area (Å²) in [5, 5.41) is 20.9. The zero-order valence-electron chi connectivity index (χ0n) is 18.5. The highest BCUT2D eigenvalue weighted by Crippen LogP contribution is 2.33. The quantitative estimate of drug-likeness (QED) is 0.594. The Balaban J connectivity index is 1.89. The molecule has 2 aromatic heterocycles. The molecule has 0 saturated carbocycles. The highest BCUT2D eigenvalue weighted by atomic mass is 19.1. The van der Waals surface area contributed by atoms with E-state index < -0.39 is 5.82 Å². The number of H-pyrrole nitrogens is 1. The van der Waals surface area contributed by atoms with Crippen LogP contribution in [-0.4, -0.2) is 55.3 Å². The van der Waals surface area contributed by atoms with Crippen molar-refractivity contribution in [2.24, 2.45) is 0 Å². The topological polar surface area (TPSA) is 94.1 Å². The largest absolute Gasteiger partial charge is 0.508 e. The second-order valence-electron chi connectivity index (χ2n) is 9.25. The number of aromatic hydroxyl groups is 1. The third kappa shape index (κ3) is 3.65. The normalized spacial score (nSPS) is 20.9. The van der Waals surface area contributed by atoms with Gasteiger partial charge in [0, 0.05) is 36.0 Å². The molecule has 0 aliphatic carbocycles. The maximum atomic E-state index is 14.6. The maximum absolute atomic E-state index is 14.6. The molecule has 1 saturated heterocycles. The van der Waals surface area contributed by atoms with E-state index in [2.05, 4.69) is 48.2 Å². The summed E-state index contributed by atoms with van der Waals surface area (Å²) in [5.41, 5.74) is 1.45. The molecule has 3 aromatic rings. The number of carbonyl (C=O) groups excluding carboxylic acids is 1. The first-order valence-electron chi connectivity index (χ1n) is 10.5. The third-order valence-corrected chi connectivity index (χ3v) is 6.32. The number of amides is 1. The Morgan fingerprint density at radius 1 is 1.29 bits per heavy atom. The molecule has 8 heteroatoms. The number of piperazine rings is 1. The Morgan fingerprint density at radius 2 is 2.03 bits per heavy atom. The molecular formula is C23H28FN5O2. The number of aromatic amines is 1. The van der Waals surface area contributed by atoms with Crippen molar-refractivity contribution in [2.45, 2.75) is 52.1 Å². The number of benzene rings is 1. The molecule has 1 fully saturated rings. The van der Waals surface area contributed by atoms with E-state index in [0.717, 1.165) is 18.2 Å². The van der Waals surface area contributed by atoms with Gasteiger partial charge in [0.25, 0.3) is 5.91 Å². The Labute approximate surface area is 180 Å². The molecule has 4 rings (SSSR count). The zero-order valence-corrected chi connectivity index (χ0v) is 18.5. The predicted molar refractivity (Wildman–Crippen MR) is 117 cm³/mol. The van der Waals surface area contributed by atoms with Gasteiger partial charge in [0.05, 0.1) is 22.2 Å². The molecule has 31 heavy (non-hydrogen) atoms. The van der Waals surface area contributed by atoms with Gasteiger partial charge in [-0.1, -0.05) is 6.92 Å². The van der Waals surface area contributed by atoms with Crippen LogP contribution in [0.15, 0.2) is 24.3 Å². The number of phenolic OH excluding ortho intramolecular Hbond substituents is 1. The fourth-order valence-corrected chi connectivity index (χ4v) is 4.14. The van der Waals surface area contributed by atoms with E-state index in [1.807, 2.05) is 11.8 Å². The molecule has 1 aromatic carbocycles. The van der Waals surface area contributed by atoms with E-state index in [1.165, 1.54) is 12.1 Å². The summed E-state index contributed by atoms with van der Waals surface area (Å²) in [4.78, 5) is 20.3. The van der Waals surface area contributed by atoms with Crippen molar-refractivity contribution in [2.75, 3.05) is 13.1 Å². The van der Waals surface area contributed by atoms with Crippen LogP contribution in [0.3, 0.4) is 0 Å². The number of phenols is 1. The maximum Gasteiger partial charge on any atom is 0.255 e. The van der Waals surface area contributed by atoms with Crippen LogP contribution in [0.4, 0.5) is 4.39 Å². The summed E-state index contributed by atoms with van der Waals surface area (Å²) >= 11 is 0. The summed E-state index contributed by atoms with van der Waals surface area (Å²) in [5.74, 6) is -0.911. The number of pyridine rings is 1. The lowest BCUT2D eigenvalue weighted by Crippen LogP contribution is -2.68. The van der Waals surface area contributed by atoms with Gasteiger partial charge in [-0.05, 0) is 52.3 Å². The number of aromatic nitrogens is 3. The number of hydrogen-bond donors (Lipinski definition) is 3. The van der Waals surface area contributed by atoms with Gasteiger partial charge in [0.1, 0.15) is 11.6 Å². The van der Waals surface area contributed by atoms with Crippen LogP contribution in [0.25, 0.3) is 22.3 Å². The van der Waals surface area contributed by atoms with E-state index >= 15 is 0 Å². The van der Waals surface area contributed by atoms with E-state index in [4.69, 9.17) is 0 Å². The average Bonchev–Trinajstić information content (AvgIpc) is 3.09. The van der Waals surface area contributed by atoms with Crippen LogP contribution in [0.2, 0.25) is 0 Å². The van der Waals surface area contributed by atoms with Gasteiger partial charge < -0.3 is 15.3 Å². The van der Waals surface area contributed by atoms with Gasteiger partial charge in [0.15, 0.2) is 5.65 Å². The molecule has 1 unspecified atom stereocenters. The third-order valence-electron chi connectivity index (χ3n) is 6.32. The lowest BCUT2D eigenvalue weighted by atomic mass is 9.87. The van der Waals surface area contributed by atoms with Gasteiger partial charge in [-0.3, -0.25) is 9.89 Å². The Hall–Kier alpha value is -3.00. The number of carbonyl (C=O) groups is 1. The molecule has 1 atom stereocenters. The lowest BCUT2D eigenvalue weighted by Gasteiger charge is -2.51. The summed E-state index contributed by atoms with van der Waals surface area (Å²) in [6.45, 7) is 11.4. The highest BCUT2D eigenvalue weighted by molar-refractivity contribution is 6.07. The number of fused-ring (bicyclic) bond motifs is 1. The molecule has 1 amide bonds. The first kappa shape index (κ1) is 21.2. The minimum Gasteiger partial charge on any atom is -0.508 e. The molecule has 0 radical (unpaired) electrons. The Morgan fingerprint density at radius 3 is 2.71 bits per heavy atom. The van der Waals surface area contributed by atoms with Crippen LogP contribution in [-0.2, 0) is 0 Å². The van der Waals surface area contributed by atoms with Gasteiger partial charge in [-0.2, -0.15) is 5.10 Å². The summed E-state index contributed by atoms with van der Waals surface area (Å²) in [7, 11) is 0. The minimum absolute atomic E-state index is 0.128. The van der Waals surface area contributed by atoms with Crippen LogP contribution in [0.1, 0.15) is 50.2 Å². The summed E-state index contributed by atoms with van der Waals surface area (Å²) in [6, 6.07) is 5.52. The van der Waals surface area contributed by atoms with Crippen molar-refractivity contribution < 1.29 is 14.3 Å². The van der Waals surface area contributed by atoms with Crippen LogP contribution in [0.5, 0.6) is 5.75 Å². The van der Waals surface area contributed by atoms with Crippen molar-refractivity contribution >= 4 is 16.9 Å². The number of rotatable bonds is 3. The first-order valence-corrected chi connectivity index (χ1v) is 10.5. The van der Waals surface area contributed by atoms with E-state index in [9.17, 15) is 14.3 Å². The molecule has 3 N–H and O–H groups in total. The molecule has 1 aliphatic rings. The number of halogens is 1. The minimum atomic E-state index is -0.612. The van der Waals surface area contributed by atoms with E-state index in [1.54, 1.807) is 6.07 Å². The molecule has 7 nitrogen and oxygen atoms in total. The second kappa shape index (κ2) is 7.30. The lowest BCUT2D eigenvalue weighted by molar-refractivity contribution is 0.0203. The van der Waals surface area contributed by atoms with Crippen LogP contribution >= 0.6 is 0 Å². The Kier molecular flexibility index (Phi) is 5.00. The molecule has 3 heterocycles. The molecular weight excluding hydrogens is 397 g/mol. The smallest absolute Gasteiger partial charge is 0.255 e. The van der Waals surface area contributed by atoms with Crippen molar-refractivity contribution in [1.29, 1.82) is 0 Å². The second-order valence-corrected chi connectivity index (χ2v) is 9.25. The molecule has 164 valence electrons. The van der Waals surface area contributed by atoms with E-state index in [0.29, 0.717) is 35.4 Å². The van der Waals surface area contributed by atoms with E-state index in [-0.39, 0.29) is 28.3 Å². The van der Waals surface area contributed by atoms with Crippen molar-refractivity contribution in [3.05, 3.63) is 41.3 Å². The molecule has 0 spiro atoms. The summed E-state index contributed by atoms with van der Waals surface area (Å²) < 4.78 is 14.6. The van der Waals surface area contributed by atoms with Gasteiger partial charge >= 0.3 is 0 Å². The van der Waals surface area contributed by atoms with Crippen LogP contribution in [0, 0.1) is 12.7 Å². The van der Waals surface area contributed by atoms with Crippen LogP contribution < -0.4 is 5.32 Å². The SMILES string of the molecule is CCC1(C)CNC(C)(C)CN1C(=O)c1cc(-c2ccc(O)cc2F)nc2n[nH]c(C)c12. The predicted octanol–water partition coefficient (Wildman–Crippen LogP) is 3.77. The summed E-state index contributed by atoms with van der Waals surface area (Å²) in [6.07, 6.45) is 0.792. The van der Waals surface area contributed by atoms with Gasteiger partial charge in [-0.25, -0.2) is 9.37 Å². The monoisotopic (exact) mass is 425 g/mol. The van der Waals surface area contributed by atoms with Gasteiger partial charge in [0.2, 0.25) is 0 Å². The number of hydrogen-bond acceptors (Lipinski definition) is 5. The fourth-order valence-electron chi connectivity index (χ4n) is 4.14. The highest BCUT2D eigenvalue weighted by Gasteiger charge is 2.43. The Bertz CT molecular complexity index is 1170. The standard InChI is InChI=1S/C23H28FN5O2/c1-6-23(5)11-25-22(3,4)12-29(23)21(31)16-10-18(15-8-7-14(30)9-17(15)24)26-20-19(16)13(2)27-28-20/h7-10,25,30H,6,11-12H2,1-5H3,(H,26,27,28). The van der Waals surface area contributed by atoms with Gasteiger partial charge in [-0.15, -0.1) is 0 Å². The van der Waals surface area contributed by atoms with Crippen molar-refractivity contribution in [3.63, 3.8) is 0 Å². The fraction of sp³-hybridized carbons (Fsp3) is 0.435. The molecule has 1 aliphatic heterocycles. The number of aryl methyl sites for hydroxylation is 1. The molecule has 0 bridgehead atoms. The average molecular weight is 426 g/mol. The zero-order chi connectivity index (χ0) is 22.6. The van der Waals surface area contributed by atoms with Crippen molar-refractivity contribution in [3.8, 4) is 17.0 Å². The number of nitrogens with one attached hydrogen (secondary N) is 2.